The van der Waals surface area contributed by atoms with Crippen LogP contribution in [0.15, 0.2) is 33.7 Å². The third kappa shape index (κ3) is 3.06. The minimum atomic E-state index is -0.852. The SMILES string of the molecule is O=C1N=C(C2CCCCN2)NC(=O)C1c1cccc(Br)c1. The van der Waals surface area contributed by atoms with Crippen LogP contribution >= 0.6 is 15.9 Å². The van der Waals surface area contributed by atoms with Gasteiger partial charge in [0.25, 0.3) is 5.91 Å². The summed E-state index contributed by atoms with van der Waals surface area (Å²) >= 11 is 3.35. The molecule has 1 saturated heterocycles. The zero-order chi connectivity index (χ0) is 14.8. The summed E-state index contributed by atoms with van der Waals surface area (Å²) in [6.07, 6.45) is 3.09. The van der Waals surface area contributed by atoms with Crippen molar-refractivity contribution in [3.8, 4) is 0 Å². The van der Waals surface area contributed by atoms with Gasteiger partial charge in [0.2, 0.25) is 5.91 Å². The molecule has 1 fully saturated rings. The Labute approximate surface area is 131 Å². The van der Waals surface area contributed by atoms with Crippen molar-refractivity contribution in [3.63, 3.8) is 0 Å². The molecular weight excluding hydrogens is 334 g/mol. The van der Waals surface area contributed by atoms with Gasteiger partial charge in [0.15, 0.2) is 0 Å². The van der Waals surface area contributed by atoms with Crippen LogP contribution in [0.2, 0.25) is 0 Å². The average molecular weight is 350 g/mol. The first kappa shape index (κ1) is 14.4. The van der Waals surface area contributed by atoms with Crippen molar-refractivity contribution >= 4 is 33.6 Å². The monoisotopic (exact) mass is 349 g/mol. The van der Waals surface area contributed by atoms with Crippen LogP contribution in [0.25, 0.3) is 0 Å². The number of nitrogens with one attached hydrogen (secondary N) is 2. The fourth-order valence-corrected chi connectivity index (χ4v) is 3.17. The molecule has 0 aromatic heterocycles. The second-order valence-corrected chi connectivity index (χ2v) is 6.23. The predicted octanol–water partition coefficient (Wildman–Crippen LogP) is 1.73. The molecule has 2 heterocycles. The van der Waals surface area contributed by atoms with E-state index in [1.165, 1.54) is 0 Å². The van der Waals surface area contributed by atoms with Crippen LogP contribution in [0.1, 0.15) is 30.7 Å². The summed E-state index contributed by atoms with van der Waals surface area (Å²) < 4.78 is 0.837. The zero-order valence-corrected chi connectivity index (χ0v) is 13.0. The lowest BCUT2D eigenvalue weighted by molar-refractivity contribution is -0.129. The van der Waals surface area contributed by atoms with Crippen molar-refractivity contribution in [2.75, 3.05) is 6.54 Å². The summed E-state index contributed by atoms with van der Waals surface area (Å²) in [5, 5.41) is 6.09. The Balaban J connectivity index is 1.85. The number of aliphatic imine (C=N–C) groups is 1. The van der Waals surface area contributed by atoms with E-state index in [2.05, 4.69) is 31.6 Å². The maximum atomic E-state index is 12.3. The van der Waals surface area contributed by atoms with Gasteiger partial charge < -0.3 is 10.6 Å². The fourth-order valence-electron chi connectivity index (χ4n) is 2.75. The number of amidine groups is 1. The third-order valence-corrected chi connectivity index (χ3v) is 4.31. The van der Waals surface area contributed by atoms with E-state index in [9.17, 15) is 9.59 Å². The highest BCUT2D eigenvalue weighted by Crippen LogP contribution is 2.24. The molecule has 5 nitrogen and oxygen atoms in total. The molecule has 0 spiro atoms. The van der Waals surface area contributed by atoms with Gasteiger partial charge in [0.1, 0.15) is 11.8 Å². The number of carbonyl (C=O) groups is 2. The second kappa shape index (κ2) is 6.07. The van der Waals surface area contributed by atoms with E-state index >= 15 is 0 Å². The van der Waals surface area contributed by atoms with Crippen LogP contribution in [-0.4, -0.2) is 30.2 Å². The Morgan fingerprint density at radius 3 is 2.76 bits per heavy atom. The average Bonchev–Trinajstić information content (AvgIpc) is 2.47. The molecule has 2 N–H and O–H groups in total. The lowest BCUT2D eigenvalue weighted by atomic mass is 9.95. The first-order chi connectivity index (χ1) is 10.1. The minimum Gasteiger partial charge on any atom is -0.312 e. The Morgan fingerprint density at radius 2 is 2.10 bits per heavy atom. The molecule has 6 heteroatoms. The second-order valence-electron chi connectivity index (χ2n) is 5.32. The van der Waals surface area contributed by atoms with Gasteiger partial charge in [-0.3, -0.25) is 9.59 Å². The summed E-state index contributed by atoms with van der Waals surface area (Å²) in [7, 11) is 0. The highest BCUT2D eigenvalue weighted by atomic mass is 79.9. The normalized spacial score (nSPS) is 26.2. The highest BCUT2D eigenvalue weighted by Gasteiger charge is 2.35. The molecule has 110 valence electrons. The summed E-state index contributed by atoms with van der Waals surface area (Å²) in [6, 6.07) is 7.19. The molecule has 2 unspecified atom stereocenters. The highest BCUT2D eigenvalue weighted by molar-refractivity contribution is 9.10. The molecule has 1 aromatic rings. The van der Waals surface area contributed by atoms with Crippen LogP contribution in [0.4, 0.5) is 0 Å². The predicted molar refractivity (Wildman–Crippen MR) is 83.1 cm³/mol. The standard InChI is InChI=1S/C15H16BrN3O2/c16-10-5-3-4-9(8-10)12-14(20)18-13(19-15(12)21)11-6-1-2-7-17-11/h3-5,8,11-12,17H,1-2,6-7H2,(H,18,19,20,21). The van der Waals surface area contributed by atoms with Crippen molar-refractivity contribution < 1.29 is 9.59 Å². The van der Waals surface area contributed by atoms with E-state index in [0.29, 0.717) is 11.4 Å². The molecule has 0 bridgehead atoms. The van der Waals surface area contributed by atoms with E-state index in [-0.39, 0.29) is 17.9 Å². The van der Waals surface area contributed by atoms with Crippen molar-refractivity contribution in [1.29, 1.82) is 0 Å². The fraction of sp³-hybridized carbons (Fsp3) is 0.400. The van der Waals surface area contributed by atoms with E-state index in [0.717, 1.165) is 30.3 Å². The summed E-state index contributed by atoms with van der Waals surface area (Å²) in [5.74, 6) is -1.07. The molecule has 0 aliphatic carbocycles. The van der Waals surface area contributed by atoms with Gasteiger partial charge in [-0.15, -0.1) is 0 Å². The van der Waals surface area contributed by atoms with Gasteiger partial charge in [-0.1, -0.05) is 34.5 Å². The molecule has 0 radical (unpaired) electrons. The van der Waals surface area contributed by atoms with Crippen molar-refractivity contribution in [2.24, 2.45) is 4.99 Å². The minimum absolute atomic E-state index is 0.0184. The van der Waals surface area contributed by atoms with Crippen LogP contribution in [0, 0.1) is 0 Å². The molecule has 2 aliphatic heterocycles. The Hall–Kier alpha value is -1.53. The Kier molecular flexibility index (Phi) is 4.17. The number of halogens is 1. The maximum absolute atomic E-state index is 12.3. The number of hydrogen-bond acceptors (Lipinski definition) is 3. The van der Waals surface area contributed by atoms with Crippen LogP contribution < -0.4 is 10.6 Å². The molecule has 3 rings (SSSR count). The lowest BCUT2D eigenvalue weighted by Crippen LogP contribution is -2.53. The van der Waals surface area contributed by atoms with Gasteiger partial charge in [-0.05, 0) is 37.1 Å². The van der Waals surface area contributed by atoms with Crippen molar-refractivity contribution in [1.82, 2.24) is 10.6 Å². The molecule has 2 aliphatic rings. The summed E-state index contributed by atoms with van der Waals surface area (Å²) in [4.78, 5) is 28.7. The van der Waals surface area contributed by atoms with E-state index in [1.54, 1.807) is 12.1 Å². The quantitative estimate of drug-likeness (QED) is 0.798. The zero-order valence-electron chi connectivity index (χ0n) is 11.4. The number of piperidine rings is 1. The smallest absolute Gasteiger partial charge is 0.264 e. The number of carbonyl (C=O) groups excluding carboxylic acids is 2. The van der Waals surface area contributed by atoms with Gasteiger partial charge in [-0.25, -0.2) is 0 Å². The van der Waals surface area contributed by atoms with Crippen LogP contribution in [-0.2, 0) is 9.59 Å². The molecular formula is C15H16BrN3O2. The summed E-state index contributed by atoms with van der Waals surface area (Å²) in [5.41, 5.74) is 0.659. The first-order valence-electron chi connectivity index (χ1n) is 7.07. The summed E-state index contributed by atoms with van der Waals surface area (Å²) in [6.45, 7) is 0.892. The molecule has 2 amide bonds. The maximum Gasteiger partial charge on any atom is 0.264 e. The largest absolute Gasteiger partial charge is 0.312 e. The number of amides is 2. The van der Waals surface area contributed by atoms with E-state index in [1.807, 2.05) is 12.1 Å². The van der Waals surface area contributed by atoms with Gasteiger partial charge >= 0.3 is 0 Å². The van der Waals surface area contributed by atoms with Crippen molar-refractivity contribution in [3.05, 3.63) is 34.3 Å². The van der Waals surface area contributed by atoms with Crippen LogP contribution in [0.3, 0.4) is 0 Å². The van der Waals surface area contributed by atoms with Crippen LogP contribution in [0.5, 0.6) is 0 Å². The lowest BCUT2D eigenvalue weighted by Gasteiger charge is -2.28. The van der Waals surface area contributed by atoms with Gasteiger partial charge in [0, 0.05) is 4.47 Å². The Bertz CT molecular complexity index is 609. The first-order valence-corrected chi connectivity index (χ1v) is 7.86. The molecule has 0 saturated carbocycles. The van der Waals surface area contributed by atoms with E-state index < -0.39 is 5.92 Å². The number of nitrogens with zero attached hydrogens (tertiary/aromatic N) is 1. The van der Waals surface area contributed by atoms with Crippen molar-refractivity contribution in [2.45, 2.75) is 31.2 Å². The van der Waals surface area contributed by atoms with Gasteiger partial charge in [-0.2, -0.15) is 4.99 Å². The molecule has 1 aromatic carbocycles. The topological polar surface area (TPSA) is 70.6 Å². The number of benzene rings is 1. The molecule has 2 atom stereocenters. The van der Waals surface area contributed by atoms with E-state index in [4.69, 9.17) is 0 Å². The Morgan fingerprint density at radius 1 is 1.24 bits per heavy atom. The number of rotatable bonds is 2. The molecule has 21 heavy (non-hydrogen) atoms. The number of hydrogen-bond donors (Lipinski definition) is 2. The van der Waals surface area contributed by atoms with Gasteiger partial charge in [0.05, 0.1) is 6.04 Å². The third-order valence-electron chi connectivity index (χ3n) is 3.81.